The predicted molar refractivity (Wildman–Crippen MR) is 115 cm³/mol. The standard InChI is InChI=1S/C22H31N3O.ClH/c1-18(2)16-24-22(26)21-10-6-9-20(15-21)17-25(14-12-23)13-11-19-7-4-3-5-8-19;/h3-10,15,18H,11-14,16-17,23H2,1-2H3,(H,24,26);1H. The Morgan fingerprint density at radius 2 is 1.74 bits per heavy atom. The molecule has 3 N–H and O–H groups in total. The highest BCUT2D eigenvalue weighted by atomic mass is 35.5. The smallest absolute Gasteiger partial charge is 0.251 e. The summed E-state index contributed by atoms with van der Waals surface area (Å²) >= 11 is 0. The van der Waals surface area contributed by atoms with Gasteiger partial charge in [0.1, 0.15) is 0 Å². The number of nitrogens with two attached hydrogens (primary N) is 1. The summed E-state index contributed by atoms with van der Waals surface area (Å²) in [7, 11) is 0. The van der Waals surface area contributed by atoms with E-state index in [0.717, 1.165) is 37.2 Å². The third kappa shape index (κ3) is 8.57. The van der Waals surface area contributed by atoms with E-state index in [9.17, 15) is 4.79 Å². The van der Waals surface area contributed by atoms with Crippen LogP contribution in [0.4, 0.5) is 0 Å². The molecule has 0 aromatic heterocycles. The van der Waals surface area contributed by atoms with Crippen LogP contribution in [0.2, 0.25) is 0 Å². The van der Waals surface area contributed by atoms with E-state index >= 15 is 0 Å². The lowest BCUT2D eigenvalue weighted by molar-refractivity contribution is 0.0949. The lowest BCUT2D eigenvalue weighted by Gasteiger charge is -2.22. The maximum atomic E-state index is 12.3. The predicted octanol–water partition coefficient (Wildman–Crippen LogP) is 3.50. The van der Waals surface area contributed by atoms with E-state index in [0.29, 0.717) is 19.0 Å². The number of carbonyl (C=O) groups is 1. The second-order valence-corrected chi connectivity index (χ2v) is 7.10. The highest BCUT2D eigenvalue weighted by molar-refractivity contribution is 5.94. The Hall–Kier alpha value is -1.88. The maximum absolute atomic E-state index is 12.3. The molecule has 2 aromatic carbocycles. The number of hydrogen-bond donors (Lipinski definition) is 2. The Kier molecular flexibility index (Phi) is 10.7. The Morgan fingerprint density at radius 3 is 2.41 bits per heavy atom. The van der Waals surface area contributed by atoms with Crippen LogP contribution in [0.15, 0.2) is 54.6 Å². The average molecular weight is 390 g/mol. The minimum Gasteiger partial charge on any atom is -0.352 e. The summed E-state index contributed by atoms with van der Waals surface area (Å²) in [5.41, 5.74) is 8.99. The maximum Gasteiger partial charge on any atom is 0.251 e. The van der Waals surface area contributed by atoms with Crippen molar-refractivity contribution in [1.82, 2.24) is 10.2 Å². The van der Waals surface area contributed by atoms with Crippen molar-refractivity contribution in [3.05, 3.63) is 71.3 Å². The zero-order chi connectivity index (χ0) is 18.8. The molecule has 0 aliphatic rings. The molecule has 0 aliphatic heterocycles. The van der Waals surface area contributed by atoms with Crippen molar-refractivity contribution in [2.75, 3.05) is 26.2 Å². The number of halogens is 1. The van der Waals surface area contributed by atoms with Gasteiger partial charge in [0.05, 0.1) is 0 Å². The first-order valence-electron chi connectivity index (χ1n) is 9.42. The van der Waals surface area contributed by atoms with Crippen molar-refractivity contribution >= 4 is 18.3 Å². The molecule has 0 radical (unpaired) electrons. The molecular formula is C22H32ClN3O. The van der Waals surface area contributed by atoms with Crippen molar-refractivity contribution in [3.63, 3.8) is 0 Å². The van der Waals surface area contributed by atoms with Gasteiger partial charge in [-0.15, -0.1) is 12.4 Å². The summed E-state index contributed by atoms with van der Waals surface area (Å²) in [5.74, 6) is 0.440. The van der Waals surface area contributed by atoms with E-state index < -0.39 is 0 Å². The summed E-state index contributed by atoms with van der Waals surface area (Å²) in [6, 6.07) is 18.4. The summed E-state index contributed by atoms with van der Waals surface area (Å²) < 4.78 is 0. The first-order valence-corrected chi connectivity index (χ1v) is 9.42. The normalized spacial score (nSPS) is 10.7. The Morgan fingerprint density at radius 1 is 1.04 bits per heavy atom. The Balaban J connectivity index is 0.00000364. The summed E-state index contributed by atoms with van der Waals surface area (Å²) in [6.45, 7) is 8.10. The van der Waals surface area contributed by atoms with E-state index in [1.54, 1.807) is 0 Å². The SMILES string of the molecule is CC(C)CNC(=O)c1cccc(CN(CCN)CCc2ccccc2)c1.Cl. The second kappa shape index (κ2) is 12.5. The molecule has 2 rings (SSSR count). The van der Waals surface area contributed by atoms with Crippen LogP contribution in [0, 0.1) is 5.92 Å². The molecule has 27 heavy (non-hydrogen) atoms. The number of amides is 1. The average Bonchev–Trinajstić information content (AvgIpc) is 2.65. The van der Waals surface area contributed by atoms with E-state index in [1.165, 1.54) is 5.56 Å². The van der Waals surface area contributed by atoms with Crippen LogP contribution in [0.1, 0.15) is 35.3 Å². The van der Waals surface area contributed by atoms with Crippen molar-refractivity contribution in [3.8, 4) is 0 Å². The van der Waals surface area contributed by atoms with Gasteiger partial charge in [-0.3, -0.25) is 9.69 Å². The van der Waals surface area contributed by atoms with Crippen molar-refractivity contribution in [1.29, 1.82) is 0 Å². The van der Waals surface area contributed by atoms with Crippen LogP contribution in [-0.4, -0.2) is 37.0 Å². The third-order valence-corrected chi connectivity index (χ3v) is 4.27. The van der Waals surface area contributed by atoms with Crippen LogP contribution in [0.25, 0.3) is 0 Å². The molecule has 0 aliphatic carbocycles. The minimum absolute atomic E-state index is 0. The minimum atomic E-state index is -0.00443. The Bertz CT molecular complexity index is 676. The Labute approximate surface area is 169 Å². The lowest BCUT2D eigenvalue weighted by atomic mass is 10.1. The van der Waals surface area contributed by atoms with E-state index in [2.05, 4.69) is 54.4 Å². The first kappa shape index (κ1) is 23.2. The molecule has 0 unspecified atom stereocenters. The van der Waals surface area contributed by atoms with Crippen LogP contribution >= 0.6 is 12.4 Å². The van der Waals surface area contributed by atoms with Crippen molar-refractivity contribution in [2.24, 2.45) is 11.7 Å². The molecular weight excluding hydrogens is 358 g/mol. The molecule has 0 atom stereocenters. The number of benzene rings is 2. The summed E-state index contributed by atoms with van der Waals surface area (Å²) in [6.07, 6.45) is 0.995. The monoisotopic (exact) mass is 389 g/mol. The number of nitrogens with one attached hydrogen (secondary N) is 1. The fourth-order valence-corrected chi connectivity index (χ4v) is 2.85. The molecule has 5 heteroatoms. The highest BCUT2D eigenvalue weighted by Crippen LogP contribution is 2.10. The quantitative estimate of drug-likeness (QED) is 0.653. The van der Waals surface area contributed by atoms with Crippen LogP contribution in [-0.2, 0) is 13.0 Å². The van der Waals surface area contributed by atoms with Gasteiger partial charge in [-0.1, -0.05) is 56.3 Å². The fraction of sp³-hybridized carbons (Fsp3) is 0.409. The molecule has 4 nitrogen and oxygen atoms in total. The van der Waals surface area contributed by atoms with Crippen molar-refractivity contribution in [2.45, 2.75) is 26.8 Å². The topological polar surface area (TPSA) is 58.4 Å². The second-order valence-electron chi connectivity index (χ2n) is 7.10. The van der Waals surface area contributed by atoms with Crippen LogP contribution < -0.4 is 11.1 Å². The molecule has 0 saturated heterocycles. The third-order valence-electron chi connectivity index (χ3n) is 4.27. The largest absolute Gasteiger partial charge is 0.352 e. The number of carbonyl (C=O) groups excluding carboxylic acids is 1. The van der Waals surface area contributed by atoms with E-state index in [-0.39, 0.29) is 18.3 Å². The highest BCUT2D eigenvalue weighted by Gasteiger charge is 2.10. The van der Waals surface area contributed by atoms with Gasteiger partial charge in [0.15, 0.2) is 0 Å². The van der Waals surface area contributed by atoms with Gasteiger partial charge in [0.2, 0.25) is 0 Å². The zero-order valence-corrected chi connectivity index (χ0v) is 17.2. The fourth-order valence-electron chi connectivity index (χ4n) is 2.85. The molecule has 148 valence electrons. The molecule has 1 amide bonds. The summed E-state index contributed by atoms with van der Waals surface area (Å²) in [4.78, 5) is 14.6. The number of nitrogens with zero attached hydrogens (tertiary/aromatic N) is 1. The molecule has 0 bridgehead atoms. The van der Waals surface area contributed by atoms with Crippen LogP contribution in [0.3, 0.4) is 0 Å². The molecule has 0 spiro atoms. The van der Waals surface area contributed by atoms with Gasteiger partial charge < -0.3 is 11.1 Å². The van der Waals surface area contributed by atoms with E-state index in [4.69, 9.17) is 5.73 Å². The van der Waals surface area contributed by atoms with Gasteiger partial charge in [0.25, 0.3) is 5.91 Å². The number of hydrogen-bond acceptors (Lipinski definition) is 3. The van der Waals surface area contributed by atoms with E-state index in [1.807, 2.05) is 24.3 Å². The van der Waals surface area contributed by atoms with Gasteiger partial charge in [0, 0.05) is 38.3 Å². The molecule has 0 fully saturated rings. The summed E-state index contributed by atoms with van der Waals surface area (Å²) in [5, 5.41) is 2.98. The van der Waals surface area contributed by atoms with Crippen LogP contribution in [0.5, 0.6) is 0 Å². The van der Waals surface area contributed by atoms with Gasteiger partial charge in [-0.05, 0) is 35.6 Å². The first-order chi connectivity index (χ1) is 12.6. The molecule has 2 aromatic rings. The number of rotatable bonds is 10. The molecule has 0 heterocycles. The molecule has 0 saturated carbocycles. The van der Waals surface area contributed by atoms with Gasteiger partial charge >= 0.3 is 0 Å². The zero-order valence-electron chi connectivity index (χ0n) is 16.4. The van der Waals surface area contributed by atoms with Gasteiger partial charge in [-0.25, -0.2) is 0 Å². The van der Waals surface area contributed by atoms with Crippen molar-refractivity contribution < 1.29 is 4.79 Å². The lowest BCUT2D eigenvalue weighted by Crippen LogP contribution is -2.31. The van der Waals surface area contributed by atoms with Gasteiger partial charge in [-0.2, -0.15) is 0 Å².